The first kappa shape index (κ1) is 9.50. The Kier molecular flexibility index (Phi) is 3.07. The van der Waals surface area contributed by atoms with E-state index in [1.807, 2.05) is 0 Å². The van der Waals surface area contributed by atoms with E-state index in [1.165, 1.54) is 12.1 Å². The third kappa shape index (κ3) is 1.96. The van der Waals surface area contributed by atoms with Gasteiger partial charge in [-0.25, -0.2) is 4.39 Å². The maximum atomic E-state index is 13.0. The van der Waals surface area contributed by atoms with Crippen LogP contribution >= 0.6 is 27.5 Å². The molecule has 0 saturated carbocycles. The predicted octanol–water partition coefficient (Wildman–Crippen LogP) is 3.39. The molecule has 0 fully saturated rings. The molecule has 1 rings (SSSR count). The van der Waals surface area contributed by atoms with Gasteiger partial charge >= 0.3 is 0 Å². The van der Waals surface area contributed by atoms with E-state index in [4.69, 9.17) is 16.9 Å². The lowest BCUT2D eigenvalue weighted by Crippen LogP contribution is -1.91. The van der Waals surface area contributed by atoms with E-state index in [2.05, 4.69) is 15.9 Å². The molecule has 12 heavy (non-hydrogen) atoms. The molecule has 0 bridgehead atoms. The lowest BCUT2D eigenvalue weighted by molar-refractivity contribution is 0.613. The summed E-state index contributed by atoms with van der Waals surface area (Å²) in [5.74, 6) is -0.467. The van der Waals surface area contributed by atoms with Crippen molar-refractivity contribution < 1.29 is 4.39 Å². The highest BCUT2D eigenvalue weighted by atomic mass is 79.9. The summed E-state index contributed by atoms with van der Waals surface area (Å²) < 4.78 is 13.7. The molecule has 0 saturated heterocycles. The fourth-order valence-corrected chi connectivity index (χ4v) is 1.29. The number of benzene rings is 1. The fourth-order valence-electron chi connectivity index (χ4n) is 0.777. The van der Waals surface area contributed by atoms with Crippen LogP contribution in [0.3, 0.4) is 0 Å². The van der Waals surface area contributed by atoms with Crippen LogP contribution in [0.15, 0.2) is 22.7 Å². The molecule has 4 heteroatoms. The van der Waals surface area contributed by atoms with Gasteiger partial charge in [-0.2, -0.15) is 5.26 Å². The van der Waals surface area contributed by atoms with Crippen LogP contribution in [0.25, 0.3) is 0 Å². The molecule has 0 radical (unpaired) electrons. The second-order valence-electron chi connectivity index (χ2n) is 2.16. The van der Waals surface area contributed by atoms with E-state index in [0.29, 0.717) is 4.47 Å². The Morgan fingerprint density at radius 2 is 2.25 bits per heavy atom. The summed E-state index contributed by atoms with van der Waals surface area (Å²) >= 11 is 8.63. The van der Waals surface area contributed by atoms with Crippen molar-refractivity contribution in [3.05, 3.63) is 34.1 Å². The molecular formula is C8H4BrClFN. The normalized spacial score (nSPS) is 12.2. The number of hydrogen-bond acceptors (Lipinski definition) is 1. The average molecular weight is 248 g/mol. The largest absolute Gasteiger partial charge is 0.207 e. The average Bonchev–Trinajstić information content (AvgIpc) is 2.03. The SMILES string of the molecule is N#CC(Cl)c1ccc(Br)cc1F. The minimum absolute atomic E-state index is 0.211. The number of rotatable bonds is 1. The Hall–Kier alpha value is -0.590. The fraction of sp³-hybridized carbons (Fsp3) is 0.125. The summed E-state index contributed by atoms with van der Waals surface area (Å²) in [6.45, 7) is 0. The van der Waals surface area contributed by atoms with E-state index in [0.717, 1.165) is 0 Å². The molecule has 1 unspecified atom stereocenters. The molecule has 1 aromatic carbocycles. The standard InChI is InChI=1S/C8H4BrClFN/c9-5-1-2-6(7(10)4-12)8(11)3-5/h1-3,7H. The Balaban J connectivity index is 3.11. The van der Waals surface area contributed by atoms with Crippen molar-refractivity contribution in [1.29, 1.82) is 5.26 Å². The van der Waals surface area contributed by atoms with Crippen LogP contribution < -0.4 is 0 Å². The van der Waals surface area contributed by atoms with Crippen molar-refractivity contribution in [3.63, 3.8) is 0 Å². The van der Waals surface area contributed by atoms with E-state index in [9.17, 15) is 4.39 Å². The first-order valence-electron chi connectivity index (χ1n) is 3.14. The van der Waals surface area contributed by atoms with Crippen molar-refractivity contribution in [3.8, 4) is 6.07 Å². The van der Waals surface area contributed by atoms with Gasteiger partial charge in [-0.05, 0) is 12.1 Å². The molecule has 0 aliphatic rings. The number of nitriles is 1. The van der Waals surface area contributed by atoms with Gasteiger partial charge in [0.1, 0.15) is 11.2 Å². The van der Waals surface area contributed by atoms with Crippen LogP contribution in [0.1, 0.15) is 10.9 Å². The molecule has 1 nitrogen and oxygen atoms in total. The van der Waals surface area contributed by atoms with E-state index < -0.39 is 11.2 Å². The zero-order chi connectivity index (χ0) is 9.14. The molecule has 1 aromatic rings. The quantitative estimate of drug-likeness (QED) is 0.699. The molecule has 0 N–H and O–H groups in total. The van der Waals surface area contributed by atoms with Crippen LogP contribution in [0.5, 0.6) is 0 Å². The summed E-state index contributed by atoms with van der Waals surface area (Å²) in [4.78, 5) is 0. The minimum Gasteiger partial charge on any atom is -0.207 e. The van der Waals surface area contributed by atoms with Gasteiger partial charge in [-0.15, -0.1) is 11.6 Å². The van der Waals surface area contributed by atoms with E-state index >= 15 is 0 Å². The highest BCUT2D eigenvalue weighted by Crippen LogP contribution is 2.24. The summed E-state index contributed by atoms with van der Waals surface area (Å²) in [7, 11) is 0. The zero-order valence-corrected chi connectivity index (χ0v) is 8.23. The van der Waals surface area contributed by atoms with Crippen molar-refractivity contribution in [2.75, 3.05) is 0 Å². The Bertz CT molecular complexity index is 334. The van der Waals surface area contributed by atoms with Crippen molar-refractivity contribution >= 4 is 27.5 Å². The lowest BCUT2D eigenvalue weighted by atomic mass is 10.1. The first-order valence-corrected chi connectivity index (χ1v) is 4.36. The Morgan fingerprint density at radius 1 is 1.58 bits per heavy atom. The summed E-state index contributed by atoms with van der Waals surface area (Å²) in [5, 5.41) is 7.50. The molecule has 0 aliphatic heterocycles. The van der Waals surface area contributed by atoms with Gasteiger partial charge in [0, 0.05) is 10.0 Å². The van der Waals surface area contributed by atoms with Gasteiger partial charge in [0.2, 0.25) is 0 Å². The molecule has 62 valence electrons. The Labute approximate surface area is 82.9 Å². The van der Waals surface area contributed by atoms with Gasteiger partial charge in [0.25, 0.3) is 0 Å². The molecular weight excluding hydrogens is 244 g/mol. The molecule has 0 amide bonds. The number of alkyl halides is 1. The Morgan fingerprint density at radius 3 is 2.75 bits per heavy atom. The van der Waals surface area contributed by atoms with Gasteiger partial charge in [-0.3, -0.25) is 0 Å². The van der Waals surface area contributed by atoms with E-state index in [-0.39, 0.29) is 5.56 Å². The van der Waals surface area contributed by atoms with Gasteiger partial charge in [0.05, 0.1) is 6.07 Å². The first-order chi connectivity index (χ1) is 5.65. The monoisotopic (exact) mass is 247 g/mol. The molecule has 0 heterocycles. The third-order valence-corrected chi connectivity index (χ3v) is 2.17. The maximum Gasteiger partial charge on any atom is 0.148 e. The number of nitrogens with zero attached hydrogens (tertiary/aromatic N) is 1. The summed E-state index contributed by atoms with van der Waals surface area (Å²) in [5.41, 5.74) is 0.211. The zero-order valence-electron chi connectivity index (χ0n) is 5.89. The second-order valence-corrected chi connectivity index (χ2v) is 3.51. The summed E-state index contributed by atoms with van der Waals surface area (Å²) in [6.07, 6.45) is 0. The van der Waals surface area contributed by atoms with E-state index in [1.54, 1.807) is 12.1 Å². The van der Waals surface area contributed by atoms with Crippen molar-refractivity contribution in [2.45, 2.75) is 5.38 Å². The number of halogens is 3. The molecule has 0 aliphatic carbocycles. The molecule has 0 spiro atoms. The van der Waals surface area contributed by atoms with Gasteiger partial charge < -0.3 is 0 Å². The second kappa shape index (κ2) is 3.88. The minimum atomic E-state index is -0.918. The molecule has 0 aromatic heterocycles. The van der Waals surface area contributed by atoms with Crippen LogP contribution in [-0.2, 0) is 0 Å². The predicted molar refractivity (Wildman–Crippen MR) is 48.3 cm³/mol. The van der Waals surface area contributed by atoms with Crippen LogP contribution in [0, 0.1) is 17.1 Å². The van der Waals surface area contributed by atoms with Gasteiger partial charge in [-0.1, -0.05) is 22.0 Å². The summed E-state index contributed by atoms with van der Waals surface area (Å²) in [6, 6.07) is 6.16. The van der Waals surface area contributed by atoms with Crippen LogP contribution in [-0.4, -0.2) is 0 Å². The topological polar surface area (TPSA) is 23.8 Å². The maximum absolute atomic E-state index is 13.0. The van der Waals surface area contributed by atoms with Gasteiger partial charge in [0.15, 0.2) is 0 Å². The highest BCUT2D eigenvalue weighted by molar-refractivity contribution is 9.10. The smallest absolute Gasteiger partial charge is 0.148 e. The van der Waals surface area contributed by atoms with Crippen molar-refractivity contribution in [1.82, 2.24) is 0 Å². The van der Waals surface area contributed by atoms with Crippen LogP contribution in [0.2, 0.25) is 0 Å². The molecule has 1 atom stereocenters. The number of hydrogen-bond donors (Lipinski definition) is 0. The van der Waals surface area contributed by atoms with Crippen molar-refractivity contribution in [2.24, 2.45) is 0 Å². The lowest BCUT2D eigenvalue weighted by Gasteiger charge is -2.02. The third-order valence-electron chi connectivity index (χ3n) is 1.35. The van der Waals surface area contributed by atoms with Crippen LogP contribution in [0.4, 0.5) is 4.39 Å². The highest BCUT2D eigenvalue weighted by Gasteiger charge is 2.11.